The third-order valence-corrected chi connectivity index (χ3v) is 6.44. The standard InChI is InChI=1S/C12H26O4SSi/c1-12(2,16-17(3,13)14)10-18(4,5)15-11-8-6-7-9-11/h11H,6-10H2,1-5H3. The smallest absolute Gasteiger partial charge is 0.264 e. The van der Waals surface area contributed by atoms with Gasteiger partial charge < -0.3 is 4.43 Å². The molecule has 0 unspecified atom stereocenters. The molecule has 1 fully saturated rings. The van der Waals surface area contributed by atoms with E-state index in [1.165, 1.54) is 12.8 Å². The van der Waals surface area contributed by atoms with Gasteiger partial charge >= 0.3 is 0 Å². The quantitative estimate of drug-likeness (QED) is 0.558. The summed E-state index contributed by atoms with van der Waals surface area (Å²) in [5, 5.41) is 0. The Morgan fingerprint density at radius 1 is 1.22 bits per heavy atom. The van der Waals surface area contributed by atoms with E-state index in [2.05, 4.69) is 13.1 Å². The second-order valence-corrected chi connectivity index (χ2v) is 12.2. The van der Waals surface area contributed by atoms with Gasteiger partial charge in [-0.2, -0.15) is 8.42 Å². The lowest BCUT2D eigenvalue weighted by molar-refractivity contribution is 0.124. The molecule has 0 N–H and O–H groups in total. The van der Waals surface area contributed by atoms with Gasteiger partial charge in [0.1, 0.15) is 0 Å². The second-order valence-electron chi connectivity index (χ2n) is 6.51. The Morgan fingerprint density at radius 2 is 1.72 bits per heavy atom. The van der Waals surface area contributed by atoms with E-state index in [1.807, 2.05) is 13.8 Å². The van der Waals surface area contributed by atoms with Gasteiger partial charge in [0.25, 0.3) is 10.1 Å². The van der Waals surface area contributed by atoms with E-state index in [-0.39, 0.29) is 0 Å². The SMILES string of the molecule is CC(C)(C[Si](C)(C)OC1CCCC1)OS(C)(=O)=O. The minimum atomic E-state index is -3.41. The van der Waals surface area contributed by atoms with Crippen molar-refractivity contribution in [3.63, 3.8) is 0 Å². The first-order valence-electron chi connectivity index (χ1n) is 6.58. The zero-order valence-electron chi connectivity index (χ0n) is 12.2. The van der Waals surface area contributed by atoms with Crippen molar-refractivity contribution in [2.75, 3.05) is 6.26 Å². The third-order valence-electron chi connectivity index (χ3n) is 3.02. The molecule has 1 rings (SSSR count). The van der Waals surface area contributed by atoms with Crippen LogP contribution < -0.4 is 0 Å². The maximum Gasteiger partial charge on any atom is 0.264 e. The first kappa shape index (κ1) is 16.1. The van der Waals surface area contributed by atoms with Crippen LogP contribution in [0.2, 0.25) is 19.1 Å². The van der Waals surface area contributed by atoms with Gasteiger partial charge in [-0.15, -0.1) is 0 Å². The summed E-state index contributed by atoms with van der Waals surface area (Å²) in [4.78, 5) is 0. The van der Waals surface area contributed by atoms with Crippen LogP contribution in [0.15, 0.2) is 0 Å². The molecule has 0 atom stereocenters. The first-order valence-corrected chi connectivity index (χ1v) is 11.5. The first-order chi connectivity index (χ1) is 7.99. The molecule has 1 saturated carbocycles. The van der Waals surface area contributed by atoms with Crippen molar-refractivity contribution in [2.45, 2.75) is 70.4 Å². The van der Waals surface area contributed by atoms with Crippen molar-refractivity contribution in [1.29, 1.82) is 0 Å². The average Bonchev–Trinajstić information content (AvgIpc) is 2.46. The topological polar surface area (TPSA) is 52.6 Å². The predicted octanol–water partition coefficient (Wildman–Crippen LogP) is 2.91. The van der Waals surface area contributed by atoms with Gasteiger partial charge in [0, 0.05) is 6.10 Å². The number of rotatable bonds is 6. The monoisotopic (exact) mass is 294 g/mol. The van der Waals surface area contributed by atoms with Crippen LogP contribution >= 0.6 is 0 Å². The van der Waals surface area contributed by atoms with E-state index in [0.29, 0.717) is 12.1 Å². The highest BCUT2D eigenvalue weighted by atomic mass is 32.2. The highest BCUT2D eigenvalue weighted by Crippen LogP contribution is 2.31. The van der Waals surface area contributed by atoms with Gasteiger partial charge in [0.05, 0.1) is 11.9 Å². The number of hydrogen-bond acceptors (Lipinski definition) is 4. The maximum atomic E-state index is 11.2. The zero-order valence-corrected chi connectivity index (χ0v) is 14.0. The Hall–Kier alpha value is 0.0869. The largest absolute Gasteiger partial charge is 0.414 e. The second kappa shape index (κ2) is 5.61. The van der Waals surface area contributed by atoms with E-state index < -0.39 is 24.0 Å². The molecule has 0 heterocycles. The molecule has 0 spiro atoms. The van der Waals surface area contributed by atoms with Crippen LogP contribution in [0.4, 0.5) is 0 Å². The van der Waals surface area contributed by atoms with E-state index in [9.17, 15) is 8.42 Å². The lowest BCUT2D eigenvalue weighted by Crippen LogP contribution is -2.43. The lowest BCUT2D eigenvalue weighted by atomic mass is 10.2. The predicted molar refractivity (Wildman–Crippen MR) is 75.6 cm³/mol. The minimum absolute atomic E-state index is 0.376. The van der Waals surface area contributed by atoms with Crippen LogP contribution in [0.1, 0.15) is 39.5 Å². The van der Waals surface area contributed by atoms with Crippen LogP contribution in [0.5, 0.6) is 0 Å². The Kier molecular flexibility index (Phi) is 5.03. The van der Waals surface area contributed by atoms with Gasteiger partial charge in [0.15, 0.2) is 8.32 Å². The molecule has 0 amide bonds. The average molecular weight is 294 g/mol. The van der Waals surface area contributed by atoms with Crippen LogP contribution in [-0.2, 0) is 18.7 Å². The van der Waals surface area contributed by atoms with E-state index in [1.54, 1.807) is 0 Å². The molecule has 0 aliphatic heterocycles. The number of hydrogen-bond donors (Lipinski definition) is 0. The molecule has 1 aliphatic carbocycles. The summed E-state index contributed by atoms with van der Waals surface area (Å²) in [5.41, 5.74) is -0.679. The van der Waals surface area contributed by atoms with Crippen molar-refractivity contribution < 1.29 is 17.0 Å². The fraction of sp³-hybridized carbons (Fsp3) is 1.00. The molecule has 0 bridgehead atoms. The summed E-state index contributed by atoms with van der Waals surface area (Å²) in [7, 11) is -5.31. The molecule has 0 aromatic carbocycles. The van der Waals surface area contributed by atoms with Crippen molar-refractivity contribution >= 4 is 18.4 Å². The molecule has 6 heteroatoms. The minimum Gasteiger partial charge on any atom is -0.414 e. The zero-order chi connectivity index (χ0) is 14.0. The third kappa shape index (κ3) is 6.31. The summed E-state index contributed by atoms with van der Waals surface area (Å²) in [6.07, 6.45) is 6.26. The van der Waals surface area contributed by atoms with Gasteiger partial charge in [-0.25, -0.2) is 0 Å². The van der Waals surface area contributed by atoms with Crippen molar-refractivity contribution in [3.8, 4) is 0 Å². The van der Waals surface area contributed by atoms with E-state index in [4.69, 9.17) is 8.61 Å². The van der Waals surface area contributed by atoms with Crippen LogP contribution in [0.3, 0.4) is 0 Å². The normalized spacial score (nSPS) is 19.4. The maximum absolute atomic E-state index is 11.2. The Morgan fingerprint density at radius 3 is 2.17 bits per heavy atom. The molecular weight excluding hydrogens is 268 g/mol. The molecule has 0 aromatic heterocycles. The van der Waals surface area contributed by atoms with Crippen LogP contribution in [0, 0.1) is 0 Å². The molecule has 1 aliphatic rings. The van der Waals surface area contributed by atoms with Gasteiger partial charge in [-0.3, -0.25) is 4.18 Å². The summed E-state index contributed by atoms with van der Waals surface area (Å²) < 4.78 is 33.8. The molecule has 4 nitrogen and oxygen atoms in total. The van der Waals surface area contributed by atoms with Crippen LogP contribution in [0.25, 0.3) is 0 Å². The molecule has 0 radical (unpaired) electrons. The van der Waals surface area contributed by atoms with Gasteiger partial charge in [0.2, 0.25) is 0 Å². The summed E-state index contributed by atoms with van der Waals surface area (Å²) in [6, 6.07) is 0.684. The fourth-order valence-electron chi connectivity index (χ4n) is 2.96. The molecule has 108 valence electrons. The highest BCUT2D eigenvalue weighted by molar-refractivity contribution is 7.86. The molecule has 0 aromatic rings. The van der Waals surface area contributed by atoms with Crippen molar-refractivity contribution in [3.05, 3.63) is 0 Å². The van der Waals surface area contributed by atoms with E-state index in [0.717, 1.165) is 19.1 Å². The lowest BCUT2D eigenvalue weighted by Gasteiger charge is -2.34. The van der Waals surface area contributed by atoms with Crippen molar-refractivity contribution in [1.82, 2.24) is 0 Å². The van der Waals surface area contributed by atoms with Gasteiger partial charge in [-0.1, -0.05) is 12.8 Å². The molecular formula is C12H26O4SSi. The van der Waals surface area contributed by atoms with E-state index >= 15 is 0 Å². The summed E-state index contributed by atoms with van der Waals surface area (Å²) in [6.45, 7) is 7.92. The van der Waals surface area contributed by atoms with Crippen LogP contribution in [-0.4, -0.2) is 34.7 Å². The van der Waals surface area contributed by atoms with Crippen molar-refractivity contribution in [2.24, 2.45) is 0 Å². The molecule has 0 saturated heterocycles. The Balaban J connectivity index is 2.57. The highest BCUT2D eigenvalue weighted by Gasteiger charge is 2.37. The fourth-order valence-corrected chi connectivity index (χ4v) is 7.29. The Labute approximate surface area is 112 Å². The summed E-state index contributed by atoms with van der Waals surface area (Å²) >= 11 is 0. The van der Waals surface area contributed by atoms with Gasteiger partial charge in [-0.05, 0) is 45.8 Å². The summed E-state index contributed by atoms with van der Waals surface area (Å²) in [5.74, 6) is 0. The molecule has 18 heavy (non-hydrogen) atoms. The Bertz CT molecular complexity index is 370.